The molecule has 1 atom stereocenters. The van der Waals surface area contributed by atoms with Crippen LogP contribution in [0, 0.1) is 0 Å². The third-order valence-electron chi connectivity index (χ3n) is 4.17. The zero-order valence-electron chi connectivity index (χ0n) is 15.2. The number of hydrogen-bond acceptors (Lipinski definition) is 7. The molecule has 0 aliphatic carbocycles. The first kappa shape index (κ1) is 20.2. The highest BCUT2D eigenvalue weighted by Gasteiger charge is 2.33. The second-order valence-corrected chi connectivity index (χ2v) is 7.20. The van der Waals surface area contributed by atoms with E-state index in [1.165, 1.54) is 21.1 Å². The Morgan fingerprint density at radius 2 is 1.85 bits per heavy atom. The van der Waals surface area contributed by atoms with Gasteiger partial charge in [-0.05, 0) is 22.5 Å². The molecule has 0 fully saturated rings. The smallest absolute Gasteiger partial charge is 0.327 e. The number of carbonyl (C=O) groups is 3. The minimum absolute atomic E-state index is 0.0246. The molecule has 0 amide bonds. The van der Waals surface area contributed by atoms with Gasteiger partial charge in [-0.15, -0.1) is 0 Å². The van der Waals surface area contributed by atoms with Gasteiger partial charge in [-0.2, -0.15) is 0 Å². The van der Waals surface area contributed by atoms with Crippen LogP contribution in [-0.4, -0.2) is 49.3 Å². The van der Waals surface area contributed by atoms with Crippen molar-refractivity contribution in [2.75, 3.05) is 27.3 Å². The van der Waals surface area contributed by atoms with E-state index in [4.69, 9.17) is 9.47 Å². The van der Waals surface area contributed by atoms with Gasteiger partial charge in [0.15, 0.2) is 5.12 Å². The van der Waals surface area contributed by atoms with Gasteiger partial charge in [-0.3, -0.25) is 14.5 Å². The summed E-state index contributed by atoms with van der Waals surface area (Å²) in [5.74, 6) is -0.714. The number of thioether (sulfide) groups is 1. The first-order valence-corrected chi connectivity index (χ1v) is 9.10. The summed E-state index contributed by atoms with van der Waals surface area (Å²) < 4.78 is 9.78. The molecule has 1 aromatic rings. The van der Waals surface area contributed by atoms with Gasteiger partial charge in [0, 0.05) is 20.0 Å². The summed E-state index contributed by atoms with van der Waals surface area (Å²) in [6.45, 7) is 2.50. The van der Waals surface area contributed by atoms with Crippen LogP contribution < -0.4 is 0 Å². The zero-order valence-corrected chi connectivity index (χ0v) is 16.0. The van der Waals surface area contributed by atoms with E-state index >= 15 is 0 Å². The molecule has 1 heterocycles. The third kappa shape index (κ3) is 5.19. The Bertz CT molecular complexity index is 701. The maximum atomic E-state index is 12.4. The van der Waals surface area contributed by atoms with Gasteiger partial charge in [0.25, 0.3) is 0 Å². The third-order valence-corrected chi connectivity index (χ3v) is 5.20. The van der Waals surface area contributed by atoms with Gasteiger partial charge in [0.1, 0.15) is 6.04 Å². The van der Waals surface area contributed by atoms with Crippen LogP contribution in [0.3, 0.4) is 0 Å². The molecule has 0 N–H and O–H groups in total. The molecule has 1 aliphatic rings. The van der Waals surface area contributed by atoms with Crippen LogP contribution in [0.2, 0.25) is 0 Å². The fraction of sp³-hybridized carbons (Fsp3) is 0.421. The number of ether oxygens (including phenoxy) is 2. The lowest BCUT2D eigenvalue weighted by atomic mass is 10.00. The number of methoxy groups -OCH3 is 2. The summed E-state index contributed by atoms with van der Waals surface area (Å²) in [5, 5.41) is -0.0246. The van der Waals surface area contributed by atoms with Crippen molar-refractivity contribution in [1.82, 2.24) is 4.90 Å². The molecule has 0 unspecified atom stereocenters. The largest absolute Gasteiger partial charge is 0.469 e. The lowest BCUT2D eigenvalue weighted by Crippen LogP contribution is -2.39. The highest BCUT2D eigenvalue weighted by molar-refractivity contribution is 8.16. The SMILES string of the molecule is COC(=O)CC1=C(SC(C)=O)CCN([C@H](C(=O)OC)c2ccccc2)C1. The molecule has 0 saturated heterocycles. The van der Waals surface area contributed by atoms with Crippen molar-refractivity contribution in [1.29, 1.82) is 0 Å². The topological polar surface area (TPSA) is 72.9 Å². The number of esters is 2. The molecule has 26 heavy (non-hydrogen) atoms. The van der Waals surface area contributed by atoms with Crippen molar-refractivity contribution in [3.8, 4) is 0 Å². The van der Waals surface area contributed by atoms with Crippen molar-refractivity contribution >= 4 is 28.8 Å². The minimum Gasteiger partial charge on any atom is -0.469 e. The van der Waals surface area contributed by atoms with Crippen LogP contribution in [0.4, 0.5) is 0 Å². The highest BCUT2D eigenvalue weighted by atomic mass is 32.2. The quantitative estimate of drug-likeness (QED) is 0.706. The molecule has 0 saturated carbocycles. The van der Waals surface area contributed by atoms with Crippen LogP contribution in [0.5, 0.6) is 0 Å². The van der Waals surface area contributed by atoms with Gasteiger partial charge in [-0.25, -0.2) is 4.79 Å². The first-order chi connectivity index (χ1) is 12.5. The minimum atomic E-state index is -0.558. The van der Waals surface area contributed by atoms with E-state index in [0.717, 1.165) is 27.8 Å². The molecule has 7 heteroatoms. The number of hydrogen-bond donors (Lipinski definition) is 0. The monoisotopic (exact) mass is 377 g/mol. The summed E-state index contributed by atoms with van der Waals surface area (Å²) in [6.07, 6.45) is 0.697. The average molecular weight is 377 g/mol. The number of carbonyl (C=O) groups excluding carboxylic acids is 3. The summed E-state index contributed by atoms with van der Waals surface area (Å²) in [5.41, 5.74) is 1.65. The number of rotatable bonds is 6. The number of benzene rings is 1. The van der Waals surface area contributed by atoms with Crippen LogP contribution in [0.1, 0.15) is 31.4 Å². The zero-order chi connectivity index (χ0) is 19.1. The van der Waals surface area contributed by atoms with Crippen molar-refractivity contribution in [2.45, 2.75) is 25.8 Å². The first-order valence-electron chi connectivity index (χ1n) is 8.29. The normalized spacial score (nSPS) is 16.1. The van der Waals surface area contributed by atoms with Crippen molar-refractivity contribution in [3.05, 3.63) is 46.4 Å². The molecule has 0 aromatic heterocycles. The van der Waals surface area contributed by atoms with E-state index in [0.29, 0.717) is 19.5 Å². The van der Waals surface area contributed by atoms with Gasteiger partial charge < -0.3 is 9.47 Å². The van der Waals surface area contributed by atoms with Gasteiger partial charge in [-0.1, -0.05) is 42.1 Å². The molecule has 1 aromatic carbocycles. The molecule has 6 nitrogen and oxygen atoms in total. The van der Waals surface area contributed by atoms with Crippen LogP contribution >= 0.6 is 11.8 Å². The standard InChI is InChI=1S/C19H23NO5S/c1-13(21)26-16-9-10-20(12-15(16)11-17(22)24-2)18(19(23)25-3)14-7-5-4-6-8-14/h4-8,18H,9-12H2,1-3H3/t18-/m0/s1. The maximum absolute atomic E-state index is 12.4. The Morgan fingerprint density at radius 1 is 1.15 bits per heavy atom. The van der Waals surface area contributed by atoms with Crippen molar-refractivity contribution in [3.63, 3.8) is 0 Å². The van der Waals surface area contributed by atoms with Crippen LogP contribution in [-0.2, 0) is 23.9 Å². The summed E-state index contributed by atoms with van der Waals surface area (Å²) in [4.78, 5) is 38.6. The summed E-state index contributed by atoms with van der Waals surface area (Å²) in [6, 6.07) is 8.83. The van der Waals surface area contributed by atoms with Crippen molar-refractivity contribution in [2.24, 2.45) is 0 Å². The highest BCUT2D eigenvalue weighted by Crippen LogP contribution is 2.34. The Kier molecular flexibility index (Phi) is 7.41. The predicted molar refractivity (Wildman–Crippen MR) is 99.3 cm³/mol. The van der Waals surface area contributed by atoms with E-state index in [1.807, 2.05) is 35.2 Å². The molecular weight excluding hydrogens is 354 g/mol. The fourth-order valence-corrected chi connectivity index (χ4v) is 3.82. The Labute approximate surface area is 157 Å². The second-order valence-electron chi connectivity index (χ2n) is 5.93. The molecule has 140 valence electrons. The molecule has 0 radical (unpaired) electrons. The molecule has 0 bridgehead atoms. The average Bonchev–Trinajstić information content (AvgIpc) is 2.64. The lowest BCUT2D eigenvalue weighted by molar-refractivity contribution is -0.147. The maximum Gasteiger partial charge on any atom is 0.327 e. The molecule has 2 rings (SSSR count). The molecule has 0 spiro atoms. The van der Waals surface area contributed by atoms with E-state index in [9.17, 15) is 14.4 Å². The molecular formula is C19H23NO5S. The van der Waals surface area contributed by atoms with E-state index < -0.39 is 6.04 Å². The van der Waals surface area contributed by atoms with Gasteiger partial charge in [0.2, 0.25) is 0 Å². The number of nitrogens with zero attached hydrogens (tertiary/aromatic N) is 1. The van der Waals surface area contributed by atoms with E-state index in [1.54, 1.807) is 0 Å². The van der Waals surface area contributed by atoms with Gasteiger partial charge in [0.05, 0.1) is 20.6 Å². The van der Waals surface area contributed by atoms with Gasteiger partial charge >= 0.3 is 11.9 Å². The lowest BCUT2D eigenvalue weighted by Gasteiger charge is -2.35. The molecule has 1 aliphatic heterocycles. The van der Waals surface area contributed by atoms with Crippen molar-refractivity contribution < 1.29 is 23.9 Å². The van der Waals surface area contributed by atoms with Crippen LogP contribution in [0.25, 0.3) is 0 Å². The Balaban J connectivity index is 2.31. The van der Waals surface area contributed by atoms with Crippen LogP contribution in [0.15, 0.2) is 40.8 Å². The fourth-order valence-electron chi connectivity index (χ4n) is 3.00. The van der Waals surface area contributed by atoms with E-state index in [2.05, 4.69) is 0 Å². The Morgan fingerprint density at radius 3 is 2.42 bits per heavy atom. The Hall–Kier alpha value is -2.12. The summed E-state index contributed by atoms with van der Waals surface area (Å²) in [7, 11) is 2.70. The predicted octanol–water partition coefficient (Wildman–Crippen LogP) is 2.70. The second kappa shape index (κ2) is 9.54. The summed E-state index contributed by atoms with van der Waals surface area (Å²) >= 11 is 1.15. The van der Waals surface area contributed by atoms with E-state index in [-0.39, 0.29) is 23.5 Å².